The number of urea groups is 1. The van der Waals surface area contributed by atoms with Crippen molar-refractivity contribution in [1.82, 2.24) is 14.9 Å². The van der Waals surface area contributed by atoms with Gasteiger partial charge in [0.25, 0.3) is 0 Å². The maximum Gasteiger partial charge on any atom is 0.516 e. The van der Waals surface area contributed by atoms with Gasteiger partial charge in [0.15, 0.2) is 0 Å². The van der Waals surface area contributed by atoms with Crippen LogP contribution in [0, 0.1) is 0 Å². The number of rotatable bonds is 1. The third-order valence-electron chi connectivity index (χ3n) is 1.93. The van der Waals surface area contributed by atoms with E-state index in [0.29, 0.717) is 13.1 Å². The summed E-state index contributed by atoms with van der Waals surface area (Å²) in [5.41, 5.74) is -5.48. The summed E-state index contributed by atoms with van der Waals surface area (Å²) in [4.78, 5) is 12.2. The van der Waals surface area contributed by atoms with Gasteiger partial charge in [0, 0.05) is 26.2 Å². The van der Waals surface area contributed by atoms with Crippen molar-refractivity contribution in [1.29, 1.82) is 0 Å². The highest BCUT2D eigenvalue weighted by molar-refractivity contribution is 7.90. The van der Waals surface area contributed by atoms with Crippen molar-refractivity contribution < 1.29 is 26.4 Å². The zero-order chi connectivity index (χ0) is 12.4. The van der Waals surface area contributed by atoms with Crippen molar-refractivity contribution in [2.45, 2.75) is 5.51 Å². The zero-order valence-corrected chi connectivity index (χ0v) is 8.86. The Morgan fingerprint density at radius 2 is 1.75 bits per heavy atom. The van der Waals surface area contributed by atoms with Gasteiger partial charge in [0.05, 0.1) is 0 Å². The Morgan fingerprint density at radius 3 is 2.19 bits per heavy atom. The summed E-state index contributed by atoms with van der Waals surface area (Å²) < 4.78 is 58.0. The number of carbonyl (C=O) groups is 1. The smallest absolute Gasteiger partial charge is 0.321 e. The molecule has 0 radical (unpaired) electrons. The normalized spacial score (nSPS) is 18.3. The van der Waals surface area contributed by atoms with E-state index in [9.17, 15) is 26.4 Å². The van der Waals surface area contributed by atoms with Crippen LogP contribution in [0.25, 0.3) is 0 Å². The van der Waals surface area contributed by atoms with E-state index in [2.05, 4.69) is 5.32 Å². The van der Waals surface area contributed by atoms with Gasteiger partial charge in [-0.15, -0.1) is 0 Å². The Hall–Kier alpha value is -1.03. The van der Waals surface area contributed by atoms with E-state index in [4.69, 9.17) is 0 Å². The van der Waals surface area contributed by atoms with Crippen molar-refractivity contribution in [2.24, 2.45) is 0 Å². The lowest BCUT2D eigenvalue weighted by molar-refractivity contribution is -0.0445. The van der Waals surface area contributed by atoms with Gasteiger partial charge in [-0.3, -0.25) is 0 Å². The molecule has 0 aromatic carbocycles. The minimum atomic E-state index is -5.61. The summed E-state index contributed by atoms with van der Waals surface area (Å²) in [5, 5.41) is 2.87. The zero-order valence-electron chi connectivity index (χ0n) is 8.04. The average Bonchev–Trinajstić information content (AvgIpc) is 2.16. The van der Waals surface area contributed by atoms with Crippen LogP contribution in [0.3, 0.4) is 0 Å². The Morgan fingerprint density at radius 1 is 1.25 bits per heavy atom. The van der Waals surface area contributed by atoms with Gasteiger partial charge in [0.2, 0.25) is 0 Å². The van der Waals surface area contributed by atoms with Crippen molar-refractivity contribution >= 4 is 16.1 Å². The molecule has 0 aliphatic carbocycles. The Kier molecular flexibility index (Phi) is 3.63. The molecular weight excluding hydrogens is 251 g/mol. The van der Waals surface area contributed by atoms with E-state index < -0.39 is 21.6 Å². The summed E-state index contributed by atoms with van der Waals surface area (Å²) in [5.74, 6) is 0. The van der Waals surface area contributed by atoms with Gasteiger partial charge in [-0.2, -0.15) is 21.6 Å². The first-order valence-corrected chi connectivity index (χ1v) is 5.81. The molecule has 10 heteroatoms. The van der Waals surface area contributed by atoms with Gasteiger partial charge in [-0.25, -0.2) is 9.52 Å². The SMILES string of the molecule is O=C(NS(=O)(=O)C(F)(F)F)N1CCNCC1. The molecule has 0 aromatic heterocycles. The Labute approximate surface area is 89.8 Å². The quantitative estimate of drug-likeness (QED) is 0.664. The molecule has 0 unspecified atom stereocenters. The molecule has 1 rings (SSSR count). The molecule has 0 spiro atoms. The van der Waals surface area contributed by atoms with E-state index >= 15 is 0 Å². The van der Waals surface area contributed by atoms with Gasteiger partial charge >= 0.3 is 21.6 Å². The van der Waals surface area contributed by atoms with E-state index in [0.717, 1.165) is 9.62 Å². The number of hydrogen-bond acceptors (Lipinski definition) is 4. The fourth-order valence-corrected chi connectivity index (χ4v) is 1.58. The number of carbonyl (C=O) groups excluding carboxylic acids is 1. The largest absolute Gasteiger partial charge is 0.516 e. The van der Waals surface area contributed by atoms with Crippen LogP contribution in [0.15, 0.2) is 0 Å². The molecule has 1 aliphatic rings. The Bertz CT molecular complexity index is 361. The number of piperazine rings is 1. The first-order valence-electron chi connectivity index (χ1n) is 4.33. The number of halogens is 3. The lowest BCUT2D eigenvalue weighted by Gasteiger charge is -2.27. The molecule has 1 heterocycles. The fraction of sp³-hybridized carbons (Fsp3) is 0.833. The molecule has 1 fully saturated rings. The lowest BCUT2D eigenvalue weighted by Crippen LogP contribution is -2.53. The van der Waals surface area contributed by atoms with E-state index in [-0.39, 0.29) is 13.1 Å². The molecule has 94 valence electrons. The number of nitrogens with one attached hydrogen (secondary N) is 2. The second-order valence-electron chi connectivity index (χ2n) is 3.09. The number of hydrogen-bond donors (Lipinski definition) is 2. The highest BCUT2D eigenvalue weighted by Crippen LogP contribution is 2.21. The van der Waals surface area contributed by atoms with Crippen LogP contribution < -0.4 is 10.0 Å². The lowest BCUT2D eigenvalue weighted by atomic mass is 10.4. The molecule has 1 saturated heterocycles. The molecule has 2 amide bonds. The second-order valence-corrected chi connectivity index (χ2v) is 4.77. The van der Waals surface area contributed by atoms with Crippen molar-refractivity contribution in [2.75, 3.05) is 26.2 Å². The predicted molar refractivity (Wildman–Crippen MR) is 47.9 cm³/mol. The summed E-state index contributed by atoms with van der Waals surface area (Å²) in [6.45, 7) is 1.16. The monoisotopic (exact) mass is 261 g/mol. The summed E-state index contributed by atoms with van der Waals surface area (Å²) in [7, 11) is -5.61. The number of amides is 2. The van der Waals surface area contributed by atoms with Gasteiger partial charge in [-0.1, -0.05) is 0 Å². The predicted octanol–water partition coefficient (Wildman–Crippen LogP) is -0.549. The standard InChI is InChI=1S/C6H10F3N3O3S/c7-6(8,9)16(14,15)11-5(13)12-3-1-10-2-4-12/h10H,1-4H2,(H,11,13). The molecule has 1 aliphatic heterocycles. The van der Waals surface area contributed by atoms with E-state index in [1.165, 1.54) is 0 Å². The first-order chi connectivity index (χ1) is 7.24. The highest BCUT2D eigenvalue weighted by Gasteiger charge is 2.47. The fourth-order valence-electron chi connectivity index (χ4n) is 1.11. The minimum absolute atomic E-state index is 0.166. The Balaban J connectivity index is 2.64. The summed E-state index contributed by atoms with van der Waals surface area (Å²) in [6, 6.07) is -1.25. The van der Waals surface area contributed by atoms with Gasteiger partial charge < -0.3 is 10.2 Å². The molecule has 0 saturated carbocycles. The highest BCUT2D eigenvalue weighted by atomic mass is 32.2. The molecule has 6 nitrogen and oxygen atoms in total. The van der Waals surface area contributed by atoms with Crippen LogP contribution in [-0.2, 0) is 10.0 Å². The van der Waals surface area contributed by atoms with Gasteiger partial charge in [-0.05, 0) is 0 Å². The van der Waals surface area contributed by atoms with E-state index in [1.807, 2.05) is 0 Å². The minimum Gasteiger partial charge on any atom is -0.321 e. The summed E-state index contributed by atoms with van der Waals surface area (Å²) >= 11 is 0. The third kappa shape index (κ3) is 2.98. The molecular formula is C6H10F3N3O3S. The van der Waals surface area contributed by atoms with Crippen molar-refractivity contribution in [3.8, 4) is 0 Å². The van der Waals surface area contributed by atoms with Crippen molar-refractivity contribution in [3.63, 3.8) is 0 Å². The molecule has 0 bridgehead atoms. The number of sulfonamides is 1. The average molecular weight is 261 g/mol. The van der Waals surface area contributed by atoms with E-state index in [1.54, 1.807) is 0 Å². The number of nitrogens with zero attached hydrogens (tertiary/aromatic N) is 1. The molecule has 0 atom stereocenters. The maximum atomic E-state index is 11.9. The summed E-state index contributed by atoms with van der Waals surface area (Å²) in [6.07, 6.45) is 0. The third-order valence-corrected chi connectivity index (χ3v) is 2.98. The number of alkyl halides is 3. The first kappa shape index (κ1) is 13.0. The van der Waals surface area contributed by atoms with Crippen LogP contribution in [0.4, 0.5) is 18.0 Å². The molecule has 2 N–H and O–H groups in total. The van der Waals surface area contributed by atoms with Crippen LogP contribution in [-0.4, -0.2) is 51.0 Å². The van der Waals surface area contributed by atoms with Crippen LogP contribution in [0.2, 0.25) is 0 Å². The van der Waals surface area contributed by atoms with Crippen LogP contribution in [0.5, 0.6) is 0 Å². The molecule has 16 heavy (non-hydrogen) atoms. The van der Waals surface area contributed by atoms with Crippen molar-refractivity contribution in [3.05, 3.63) is 0 Å². The second kappa shape index (κ2) is 4.45. The topological polar surface area (TPSA) is 78.5 Å². The van der Waals surface area contributed by atoms with Gasteiger partial charge in [0.1, 0.15) is 0 Å². The van der Waals surface area contributed by atoms with Crippen LogP contribution >= 0.6 is 0 Å². The maximum absolute atomic E-state index is 11.9. The van der Waals surface area contributed by atoms with Crippen LogP contribution in [0.1, 0.15) is 0 Å². The molecule has 0 aromatic rings.